The molecule has 0 spiro atoms. The number of nitrogens with zero attached hydrogens (tertiary/aromatic N) is 2. The first kappa shape index (κ1) is 14.5. The summed E-state index contributed by atoms with van der Waals surface area (Å²) >= 11 is 3.56. The largest absolute Gasteiger partial charge is 0.480 e. The van der Waals surface area contributed by atoms with Crippen molar-refractivity contribution in [3.63, 3.8) is 0 Å². The molecule has 5 heteroatoms. The quantitative estimate of drug-likeness (QED) is 0.918. The van der Waals surface area contributed by atoms with E-state index in [1.807, 2.05) is 4.90 Å². The molecular weight excluding hydrogens is 308 g/mol. The van der Waals surface area contributed by atoms with Crippen molar-refractivity contribution in [1.29, 1.82) is 0 Å². The monoisotopic (exact) mass is 326 g/mol. The Labute approximate surface area is 122 Å². The van der Waals surface area contributed by atoms with Crippen LogP contribution >= 0.6 is 15.9 Å². The van der Waals surface area contributed by atoms with Crippen LogP contribution < -0.4 is 0 Å². The van der Waals surface area contributed by atoms with E-state index in [1.165, 1.54) is 11.1 Å². The summed E-state index contributed by atoms with van der Waals surface area (Å²) in [5.41, 5.74) is 2.54. The van der Waals surface area contributed by atoms with Gasteiger partial charge in [-0.1, -0.05) is 28.1 Å². The summed E-state index contributed by atoms with van der Waals surface area (Å²) < 4.78 is 1.15. The maximum atomic E-state index is 10.6. The van der Waals surface area contributed by atoms with E-state index in [2.05, 4.69) is 46.0 Å². The lowest BCUT2D eigenvalue weighted by molar-refractivity contribution is -0.138. The molecule has 1 aliphatic heterocycles. The molecule has 0 saturated carbocycles. The van der Waals surface area contributed by atoms with E-state index < -0.39 is 5.97 Å². The Morgan fingerprint density at radius 2 is 1.89 bits per heavy atom. The zero-order valence-corrected chi connectivity index (χ0v) is 12.7. The third-order valence-corrected chi connectivity index (χ3v) is 4.32. The summed E-state index contributed by atoms with van der Waals surface area (Å²) in [5.74, 6) is -0.740. The van der Waals surface area contributed by atoms with Crippen LogP contribution in [0.3, 0.4) is 0 Å². The summed E-state index contributed by atoms with van der Waals surface area (Å²) in [7, 11) is 0. The molecule has 0 aromatic heterocycles. The van der Waals surface area contributed by atoms with Gasteiger partial charge in [0.15, 0.2) is 0 Å². The van der Waals surface area contributed by atoms with Crippen molar-refractivity contribution >= 4 is 21.9 Å². The van der Waals surface area contributed by atoms with Crippen LogP contribution in [0.1, 0.15) is 11.1 Å². The van der Waals surface area contributed by atoms with E-state index >= 15 is 0 Å². The van der Waals surface area contributed by atoms with Crippen LogP contribution in [0.2, 0.25) is 0 Å². The van der Waals surface area contributed by atoms with Crippen molar-refractivity contribution < 1.29 is 9.90 Å². The van der Waals surface area contributed by atoms with E-state index in [1.54, 1.807) is 0 Å². The van der Waals surface area contributed by atoms with Gasteiger partial charge in [0.2, 0.25) is 0 Å². The van der Waals surface area contributed by atoms with Crippen molar-refractivity contribution in [2.45, 2.75) is 13.5 Å². The zero-order chi connectivity index (χ0) is 13.8. The minimum absolute atomic E-state index is 0.157. The van der Waals surface area contributed by atoms with E-state index in [-0.39, 0.29) is 6.54 Å². The van der Waals surface area contributed by atoms with Crippen molar-refractivity contribution in [1.82, 2.24) is 9.80 Å². The van der Waals surface area contributed by atoms with E-state index in [0.717, 1.165) is 37.2 Å². The lowest BCUT2D eigenvalue weighted by atomic mass is 10.1. The molecule has 1 saturated heterocycles. The summed E-state index contributed by atoms with van der Waals surface area (Å²) in [4.78, 5) is 15.0. The topological polar surface area (TPSA) is 43.8 Å². The minimum atomic E-state index is -0.740. The second-order valence-electron chi connectivity index (χ2n) is 5.03. The number of benzene rings is 1. The van der Waals surface area contributed by atoms with Gasteiger partial charge in [0, 0.05) is 37.2 Å². The van der Waals surface area contributed by atoms with E-state index in [9.17, 15) is 4.79 Å². The van der Waals surface area contributed by atoms with Crippen LogP contribution in [0.25, 0.3) is 0 Å². The first-order valence-corrected chi connectivity index (χ1v) is 7.25. The molecule has 4 nitrogen and oxygen atoms in total. The fourth-order valence-electron chi connectivity index (χ4n) is 2.29. The summed E-state index contributed by atoms with van der Waals surface area (Å²) in [5, 5.41) is 8.76. The summed E-state index contributed by atoms with van der Waals surface area (Å²) in [6.45, 7) is 6.69. The predicted octanol–water partition coefficient (Wildman–Crippen LogP) is 1.96. The van der Waals surface area contributed by atoms with Gasteiger partial charge in [0.1, 0.15) is 0 Å². The smallest absolute Gasteiger partial charge is 0.317 e. The lowest BCUT2D eigenvalue weighted by Gasteiger charge is -2.33. The Bertz CT molecular complexity index is 457. The maximum absolute atomic E-state index is 10.6. The van der Waals surface area contributed by atoms with Gasteiger partial charge in [0.25, 0.3) is 0 Å². The second kappa shape index (κ2) is 6.50. The Morgan fingerprint density at radius 1 is 1.26 bits per heavy atom. The number of halogens is 1. The average molecular weight is 327 g/mol. The number of hydrogen-bond acceptors (Lipinski definition) is 3. The van der Waals surface area contributed by atoms with Crippen molar-refractivity contribution in [3.05, 3.63) is 33.8 Å². The molecule has 1 fully saturated rings. The number of rotatable bonds is 4. The molecule has 0 atom stereocenters. The van der Waals surface area contributed by atoms with Crippen molar-refractivity contribution in [2.75, 3.05) is 32.7 Å². The molecule has 1 N–H and O–H groups in total. The number of hydrogen-bond donors (Lipinski definition) is 1. The molecule has 1 heterocycles. The minimum Gasteiger partial charge on any atom is -0.480 e. The third kappa shape index (κ3) is 4.30. The molecule has 0 amide bonds. The standard InChI is InChI=1S/C14H19BrN2O2/c1-11-2-3-12(8-13(11)15)9-16-4-6-17(7-5-16)10-14(18)19/h2-3,8H,4-7,9-10H2,1H3,(H,18,19). The number of aryl methyl sites for hydroxylation is 1. The van der Waals surface area contributed by atoms with Crippen LogP contribution in [0.5, 0.6) is 0 Å². The normalized spacial score (nSPS) is 17.6. The number of carboxylic acids is 1. The summed E-state index contributed by atoms with van der Waals surface area (Å²) in [6.07, 6.45) is 0. The van der Waals surface area contributed by atoms with Gasteiger partial charge in [-0.2, -0.15) is 0 Å². The third-order valence-electron chi connectivity index (χ3n) is 3.47. The SMILES string of the molecule is Cc1ccc(CN2CCN(CC(=O)O)CC2)cc1Br. The Balaban J connectivity index is 1.85. The van der Waals surface area contributed by atoms with Crippen LogP contribution in [0.15, 0.2) is 22.7 Å². The van der Waals surface area contributed by atoms with E-state index in [0.29, 0.717) is 0 Å². The average Bonchev–Trinajstić information content (AvgIpc) is 2.36. The molecular formula is C14H19BrN2O2. The van der Waals surface area contributed by atoms with Gasteiger partial charge >= 0.3 is 5.97 Å². The van der Waals surface area contributed by atoms with E-state index in [4.69, 9.17) is 5.11 Å². The zero-order valence-electron chi connectivity index (χ0n) is 11.1. The van der Waals surface area contributed by atoms with Crippen LogP contribution in [0, 0.1) is 6.92 Å². The fourth-order valence-corrected chi connectivity index (χ4v) is 2.72. The highest BCUT2D eigenvalue weighted by Gasteiger charge is 2.18. The Kier molecular flexibility index (Phi) is 4.96. The van der Waals surface area contributed by atoms with Gasteiger partial charge < -0.3 is 5.11 Å². The molecule has 19 heavy (non-hydrogen) atoms. The second-order valence-corrected chi connectivity index (χ2v) is 5.88. The predicted molar refractivity (Wildman–Crippen MR) is 78.2 cm³/mol. The van der Waals surface area contributed by atoms with Crippen LogP contribution in [-0.2, 0) is 11.3 Å². The molecule has 1 aliphatic rings. The molecule has 1 aromatic carbocycles. The molecule has 0 aliphatic carbocycles. The van der Waals surface area contributed by atoms with Gasteiger partial charge in [-0.05, 0) is 24.1 Å². The Hall–Kier alpha value is -0.910. The lowest BCUT2D eigenvalue weighted by Crippen LogP contribution is -2.47. The molecule has 1 aromatic rings. The molecule has 0 unspecified atom stereocenters. The molecule has 2 rings (SSSR count). The van der Waals surface area contributed by atoms with Crippen LogP contribution in [-0.4, -0.2) is 53.6 Å². The van der Waals surface area contributed by atoms with Gasteiger partial charge in [-0.3, -0.25) is 14.6 Å². The number of carboxylic acid groups (broad SMARTS) is 1. The molecule has 0 bridgehead atoms. The fraction of sp³-hybridized carbons (Fsp3) is 0.500. The van der Waals surface area contributed by atoms with Crippen molar-refractivity contribution in [3.8, 4) is 0 Å². The molecule has 104 valence electrons. The van der Waals surface area contributed by atoms with Gasteiger partial charge in [0.05, 0.1) is 6.54 Å². The number of carbonyl (C=O) groups is 1. The van der Waals surface area contributed by atoms with Gasteiger partial charge in [-0.15, -0.1) is 0 Å². The number of piperazine rings is 1. The Morgan fingerprint density at radius 3 is 2.47 bits per heavy atom. The highest BCUT2D eigenvalue weighted by molar-refractivity contribution is 9.10. The first-order chi connectivity index (χ1) is 9.04. The maximum Gasteiger partial charge on any atom is 0.317 e. The summed E-state index contributed by atoms with van der Waals surface area (Å²) in [6, 6.07) is 6.45. The first-order valence-electron chi connectivity index (χ1n) is 6.46. The highest BCUT2D eigenvalue weighted by atomic mass is 79.9. The van der Waals surface area contributed by atoms with Gasteiger partial charge in [-0.25, -0.2) is 0 Å². The molecule has 0 radical (unpaired) electrons. The number of aliphatic carboxylic acids is 1. The van der Waals surface area contributed by atoms with Crippen LogP contribution in [0.4, 0.5) is 0 Å². The highest BCUT2D eigenvalue weighted by Crippen LogP contribution is 2.19. The van der Waals surface area contributed by atoms with Crippen molar-refractivity contribution in [2.24, 2.45) is 0 Å².